The summed E-state index contributed by atoms with van der Waals surface area (Å²) < 4.78 is 1.27. The van der Waals surface area contributed by atoms with Crippen LogP contribution >= 0.6 is 23.2 Å². The third-order valence-electron chi connectivity index (χ3n) is 2.56. The van der Waals surface area contributed by atoms with Crippen LogP contribution in [-0.4, -0.2) is 25.0 Å². The summed E-state index contributed by atoms with van der Waals surface area (Å²) in [6.45, 7) is 3.11. The zero-order valence-electron chi connectivity index (χ0n) is 10.5. The van der Waals surface area contributed by atoms with Crippen LogP contribution in [0.1, 0.15) is 19.5 Å². The third-order valence-corrected chi connectivity index (χ3v) is 3.14. The van der Waals surface area contributed by atoms with E-state index in [1.54, 1.807) is 13.8 Å². The molecule has 1 heterocycles. The first-order chi connectivity index (χ1) is 9.20. The van der Waals surface area contributed by atoms with E-state index < -0.39 is 10.5 Å². The normalized spacial score (nSPS) is 11.7. The van der Waals surface area contributed by atoms with Crippen molar-refractivity contribution in [3.8, 4) is 5.69 Å². The minimum atomic E-state index is -1.17. The summed E-state index contributed by atoms with van der Waals surface area (Å²) in [6, 6.07) is 2.35. The molecule has 0 aliphatic rings. The summed E-state index contributed by atoms with van der Waals surface area (Å²) in [7, 11) is 0. The van der Waals surface area contributed by atoms with E-state index in [1.165, 1.54) is 23.0 Å². The van der Waals surface area contributed by atoms with Gasteiger partial charge in [-0.25, -0.2) is 4.68 Å². The molecular weight excluding hydrogens is 307 g/mol. The lowest BCUT2D eigenvalue weighted by atomic mass is 10.1. The zero-order valence-corrected chi connectivity index (χ0v) is 12.1. The number of nitrogens with zero attached hydrogens (tertiary/aromatic N) is 4. The molecule has 0 bridgehead atoms. The Kier molecular flexibility index (Phi) is 3.68. The molecule has 0 saturated carbocycles. The Morgan fingerprint density at radius 2 is 1.90 bits per heavy atom. The van der Waals surface area contributed by atoms with Gasteiger partial charge in [0, 0.05) is 12.1 Å². The van der Waals surface area contributed by atoms with E-state index >= 15 is 0 Å². The summed E-state index contributed by atoms with van der Waals surface area (Å²) in [4.78, 5) is 10.1. The molecule has 0 amide bonds. The standard InChI is InChI=1S/C11H10Cl2N4O3/c1-11(2,18)9-5-16(15-14-9)10-7(12)3-6(17(19)20)4-8(10)13/h3-5,18H,1-2H3. The number of hydrogen-bond donors (Lipinski definition) is 1. The van der Waals surface area contributed by atoms with Crippen LogP contribution in [0, 0.1) is 10.1 Å². The van der Waals surface area contributed by atoms with Crippen LogP contribution < -0.4 is 0 Å². The van der Waals surface area contributed by atoms with Gasteiger partial charge in [-0.3, -0.25) is 10.1 Å². The molecule has 0 aliphatic heterocycles. The fourth-order valence-corrected chi connectivity index (χ4v) is 2.18. The first-order valence-corrected chi connectivity index (χ1v) is 6.25. The molecule has 0 radical (unpaired) electrons. The van der Waals surface area contributed by atoms with Gasteiger partial charge < -0.3 is 5.11 Å². The molecule has 0 saturated heterocycles. The molecule has 0 atom stereocenters. The molecule has 20 heavy (non-hydrogen) atoms. The SMILES string of the molecule is CC(C)(O)c1cn(-c2c(Cl)cc([N+](=O)[O-])cc2Cl)nn1. The van der Waals surface area contributed by atoms with Crippen molar-refractivity contribution in [3.63, 3.8) is 0 Å². The molecule has 9 heteroatoms. The Labute approximate surface area is 123 Å². The van der Waals surface area contributed by atoms with Crippen LogP contribution in [0.5, 0.6) is 0 Å². The fourth-order valence-electron chi connectivity index (χ4n) is 1.53. The molecule has 0 aliphatic carbocycles. The van der Waals surface area contributed by atoms with E-state index in [2.05, 4.69) is 10.3 Å². The number of nitro benzene ring substituents is 1. The van der Waals surface area contributed by atoms with Crippen LogP contribution in [-0.2, 0) is 5.60 Å². The van der Waals surface area contributed by atoms with Crippen molar-refractivity contribution in [1.29, 1.82) is 0 Å². The van der Waals surface area contributed by atoms with Crippen molar-refractivity contribution in [2.45, 2.75) is 19.4 Å². The topological polar surface area (TPSA) is 94.1 Å². The Bertz CT molecular complexity index is 656. The van der Waals surface area contributed by atoms with Crippen molar-refractivity contribution in [1.82, 2.24) is 15.0 Å². The van der Waals surface area contributed by atoms with E-state index in [4.69, 9.17) is 23.2 Å². The Morgan fingerprint density at radius 1 is 1.35 bits per heavy atom. The van der Waals surface area contributed by atoms with Gasteiger partial charge in [0.25, 0.3) is 5.69 Å². The van der Waals surface area contributed by atoms with Gasteiger partial charge in [-0.2, -0.15) is 0 Å². The summed E-state index contributed by atoms with van der Waals surface area (Å²) in [5.41, 5.74) is -0.797. The van der Waals surface area contributed by atoms with Crippen molar-refractivity contribution in [2.24, 2.45) is 0 Å². The minimum absolute atomic E-state index is 0.0661. The van der Waals surface area contributed by atoms with Gasteiger partial charge in [-0.05, 0) is 13.8 Å². The van der Waals surface area contributed by atoms with Gasteiger partial charge >= 0.3 is 0 Å². The number of aromatic nitrogens is 3. The minimum Gasteiger partial charge on any atom is -0.384 e. The summed E-state index contributed by atoms with van der Waals surface area (Å²) in [6.07, 6.45) is 1.46. The van der Waals surface area contributed by atoms with E-state index in [0.29, 0.717) is 5.69 Å². The average Bonchev–Trinajstić information content (AvgIpc) is 2.76. The molecule has 2 rings (SSSR count). The second kappa shape index (κ2) is 5.01. The Morgan fingerprint density at radius 3 is 2.30 bits per heavy atom. The van der Waals surface area contributed by atoms with Crippen LogP contribution in [0.2, 0.25) is 10.0 Å². The van der Waals surface area contributed by atoms with Gasteiger partial charge in [0.05, 0.1) is 21.2 Å². The molecule has 2 aromatic rings. The maximum Gasteiger partial charge on any atom is 0.272 e. The lowest BCUT2D eigenvalue weighted by Gasteiger charge is -2.12. The van der Waals surface area contributed by atoms with E-state index in [0.717, 1.165) is 0 Å². The first-order valence-electron chi connectivity index (χ1n) is 5.49. The number of benzene rings is 1. The lowest BCUT2D eigenvalue weighted by molar-refractivity contribution is -0.384. The maximum absolute atomic E-state index is 10.7. The highest BCUT2D eigenvalue weighted by atomic mass is 35.5. The highest BCUT2D eigenvalue weighted by Crippen LogP contribution is 2.33. The van der Waals surface area contributed by atoms with Crippen LogP contribution in [0.15, 0.2) is 18.3 Å². The molecule has 106 valence electrons. The predicted octanol–water partition coefficient (Wildman–Crippen LogP) is 2.71. The van der Waals surface area contributed by atoms with Crippen LogP contribution in [0.3, 0.4) is 0 Å². The molecule has 1 aromatic carbocycles. The van der Waals surface area contributed by atoms with E-state index in [9.17, 15) is 15.2 Å². The van der Waals surface area contributed by atoms with Gasteiger partial charge in [0.1, 0.15) is 17.0 Å². The van der Waals surface area contributed by atoms with Crippen LogP contribution in [0.4, 0.5) is 5.69 Å². The number of halogens is 2. The number of hydrogen-bond acceptors (Lipinski definition) is 5. The molecule has 0 unspecified atom stereocenters. The highest BCUT2D eigenvalue weighted by molar-refractivity contribution is 6.38. The van der Waals surface area contributed by atoms with Crippen LogP contribution in [0.25, 0.3) is 5.69 Å². The van der Waals surface area contributed by atoms with E-state index in [1.807, 2.05) is 0 Å². The Balaban J connectivity index is 2.53. The maximum atomic E-state index is 10.7. The molecule has 1 N–H and O–H groups in total. The average molecular weight is 317 g/mol. The largest absolute Gasteiger partial charge is 0.384 e. The second-order valence-electron chi connectivity index (χ2n) is 4.62. The quantitative estimate of drug-likeness (QED) is 0.694. The van der Waals surface area contributed by atoms with Gasteiger partial charge in [-0.15, -0.1) is 5.10 Å². The highest BCUT2D eigenvalue weighted by Gasteiger charge is 2.22. The van der Waals surface area contributed by atoms with Crippen molar-refractivity contribution in [2.75, 3.05) is 0 Å². The molecule has 7 nitrogen and oxygen atoms in total. The van der Waals surface area contributed by atoms with E-state index in [-0.39, 0.29) is 21.4 Å². The first kappa shape index (κ1) is 14.7. The van der Waals surface area contributed by atoms with Gasteiger partial charge in [0.15, 0.2) is 0 Å². The van der Waals surface area contributed by atoms with Crippen molar-refractivity contribution < 1.29 is 10.0 Å². The molecule has 0 spiro atoms. The number of aliphatic hydroxyl groups is 1. The summed E-state index contributed by atoms with van der Waals surface area (Å²) in [5, 5.41) is 28.3. The third kappa shape index (κ3) is 2.74. The molecule has 0 fully saturated rings. The number of rotatable bonds is 3. The van der Waals surface area contributed by atoms with Gasteiger partial charge in [0.2, 0.25) is 0 Å². The number of nitro groups is 1. The van der Waals surface area contributed by atoms with Crippen molar-refractivity contribution >= 4 is 28.9 Å². The Hall–Kier alpha value is -1.70. The summed E-state index contributed by atoms with van der Waals surface area (Å²) in [5.74, 6) is 0. The van der Waals surface area contributed by atoms with Crippen molar-refractivity contribution in [3.05, 3.63) is 44.2 Å². The molecular formula is C11H10Cl2N4O3. The molecule has 1 aromatic heterocycles. The smallest absolute Gasteiger partial charge is 0.272 e. The second-order valence-corrected chi connectivity index (χ2v) is 5.44. The zero-order chi connectivity index (χ0) is 15.1. The monoisotopic (exact) mass is 316 g/mol. The summed E-state index contributed by atoms with van der Waals surface area (Å²) >= 11 is 12.0. The lowest BCUT2D eigenvalue weighted by Crippen LogP contribution is -2.15. The predicted molar refractivity (Wildman–Crippen MR) is 73.3 cm³/mol. The van der Waals surface area contributed by atoms with Gasteiger partial charge in [-0.1, -0.05) is 28.4 Å². The fraction of sp³-hybridized carbons (Fsp3) is 0.273. The number of non-ortho nitro benzene ring substituents is 1.